The molecule has 0 aromatic rings. The summed E-state index contributed by atoms with van der Waals surface area (Å²) in [6.07, 6.45) is -2.77. The van der Waals surface area contributed by atoms with Crippen LogP contribution in [0, 0.1) is 17.3 Å². The zero-order valence-corrected chi connectivity index (χ0v) is 27.1. The van der Waals surface area contributed by atoms with Crippen molar-refractivity contribution in [3.63, 3.8) is 0 Å². The summed E-state index contributed by atoms with van der Waals surface area (Å²) >= 11 is 0. The molecule has 3 aliphatic rings. The molecular formula is C32H44O13. The number of ether oxygens (including phenoxy) is 6. The summed E-state index contributed by atoms with van der Waals surface area (Å²) in [7, 11) is 0. The number of aliphatic hydroxyl groups is 1. The Morgan fingerprint density at radius 2 is 1.56 bits per heavy atom. The monoisotopic (exact) mass is 636 g/mol. The molecule has 13 nitrogen and oxygen atoms in total. The second-order valence-electron chi connectivity index (χ2n) is 12.2. The predicted octanol–water partition coefficient (Wildman–Crippen LogP) is 2.65. The lowest BCUT2D eigenvalue weighted by Gasteiger charge is -2.55. The number of carbonyl (C=O) groups excluding carboxylic acids is 6. The Bertz CT molecular complexity index is 1270. The van der Waals surface area contributed by atoms with E-state index in [4.69, 9.17) is 28.4 Å². The Kier molecular flexibility index (Phi) is 11.2. The van der Waals surface area contributed by atoms with Crippen molar-refractivity contribution in [3.8, 4) is 0 Å². The molecule has 9 atom stereocenters. The molecular weight excluding hydrogens is 592 g/mol. The highest BCUT2D eigenvalue weighted by atomic mass is 16.6. The largest absolute Gasteiger partial charge is 0.462 e. The summed E-state index contributed by atoms with van der Waals surface area (Å²) < 4.78 is 34.5. The van der Waals surface area contributed by atoms with Gasteiger partial charge in [-0.3, -0.25) is 28.8 Å². The summed E-state index contributed by atoms with van der Waals surface area (Å²) in [6, 6.07) is 0. The topological polar surface area (TPSA) is 178 Å². The maximum atomic E-state index is 13.2. The molecule has 9 unspecified atom stereocenters. The van der Waals surface area contributed by atoms with E-state index in [-0.39, 0.29) is 24.8 Å². The summed E-state index contributed by atoms with van der Waals surface area (Å²) in [5.74, 6) is -6.44. The molecule has 0 radical (unpaired) electrons. The van der Waals surface area contributed by atoms with Crippen molar-refractivity contribution in [3.05, 3.63) is 23.3 Å². The lowest BCUT2D eigenvalue weighted by Crippen LogP contribution is -2.65. The summed E-state index contributed by atoms with van der Waals surface area (Å²) in [5, 5.41) is 12.6. The first-order valence-corrected chi connectivity index (χ1v) is 15.1. The minimum atomic E-state index is -2.24. The second kappa shape index (κ2) is 14.1. The average molecular weight is 637 g/mol. The van der Waals surface area contributed by atoms with Crippen molar-refractivity contribution < 1.29 is 62.3 Å². The van der Waals surface area contributed by atoms with Gasteiger partial charge in [-0.25, -0.2) is 0 Å². The van der Waals surface area contributed by atoms with Gasteiger partial charge in [0.2, 0.25) is 0 Å². The first-order valence-electron chi connectivity index (χ1n) is 15.1. The molecule has 0 bridgehead atoms. The fourth-order valence-corrected chi connectivity index (χ4v) is 6.80. The molecule has 1 aliphatic heterocycles. The lowest BCUT2D eigenvalue weighted by molar-refractivity contribution is -0.218. The highest BCUT2D eigenvalue weighted by molar-refractivity contribution is 5.78. The Morgan fingerprint density at radius 3 is 2.11 bits per heavy atom. The maximum Gasteiger partial charge on any atom is 0.312 e. The highest BCUT2D eigenvalue weighted by Gasteiger charge is 2.67. The molecule has 1 fully saturated rings. The third-order valence-corrected chi connectivity index (χ3v) is 8.99. The summed E-state index contributed by atoms with van der Waals surface area (Å²) in [4.78, 5) is 75.8. The quantitative estimate of drug-likeness (QED) is 0.234. The molecule has 0 aromatic heterocycles. The van der Waals surface area contributed by atoms with Crippen molar-refractivity contribution in [2.45, 2.75) is 117 Å². The first-order chi connectivity index (χ1) is 21.0. The van der Waals surface area contributed by atoms with Gasteiger partial charge in [-0.2, -0.15) is 0 Å². The van der Waals surface area contributed by atoms with Crippen molar-refractivity contribution in [2.75, 3.05) is 6.61 Å². The standard InChI is InChI=1S/C32H44O13/c1-9-10-27(37)44-23-14-25(42-20(6)35)31(8)24(41-19(5)34)12-11-16(2)28(31)29(43-21(7)36)32(39)17(3)30(38)45-26(32)13-22(23)15-40-18(4)33/h11,13,17,23-26,28-29,39H,9-10,12,14-15H2,1-8H3. The van der Waals surface area contributed by atoms with E-state index >= 15 is 0 Å². The first kappa shape index (κ1) is 35.7. The van der Waals surface area contributed by atoms with E-state index in [9.17, 15) is 33.9 Å². The van der Waals surface area contributed by atoms with E-state index in [1.807, 2.05) is 0 Å². The van der Waals surface area contributed by atoms with Crippen LogP contribution in [0.1, 0.15) is 81.1 Å². The minimum absolute atomic E-state index is 0.0430. The van der Waals surface area contributed by atoms with E-state index in [1.165, 1.54) is 33.8 Å². The van der Waals surface area contributed by atoms with Gasteiger partial charge in [0.25, 0.3) is 0 Å². The van der Waals surface area contributed by atoms with Crippen LogP contribution in [0.4, 0.5) is 0 Å². The smallest absolute Gasteiger partial charge is 0.312 e. The molecule has 250 valence electrons. The van der Waals surface area contributed by atoms with E-state index in [1.54, 1.807) is 26.8 Å². The van der Waals surface area contributed by atoms with Crippen LogP contribution in [0.3, 0.4) is 0 Å². The van der Waals surface area contributed by atoms with Gasteiger partial charge in [-0.15, -0.1) is 0 Å². The molecule has 13 heteroatoms. The zero-order valence-electron chi connectivity index (χ0n) is 27.1. The summed E-state index contributed by atoms with van der Waals surface area (Å²) in [6.45, 7) is 10.9. The van der Waals surface area contributed by atoms with Crippen LogP contribution in [-0.4, -0.2) is 83.7 Å². The molecule has 1 N–H and O–H groups in total. The Hall–Kier alpha value is -3.74. The van der Waals surface area contributed by atoms with Gasteiger partial charge in [0.15, 0.2) is 11.7 Å². The van der Waals surface area contributed by atoms with Crippen LogP contribution in [0.2, 0.25) is 0 Å². The van der Waals surface area contributed by atoms with Crippen LogP contribution >= 0.6 is 0 Å². The minimum Gasteiger partial charge on any atom is -0.462 e. The van der Waals surface area contributed by atoms with E-state index in [0.717, 1.165) is 6.92 Å². The number of hydrogen-bond donors (Lipinski definition) is 1. The van der Waals surface area contributed by atoms with Crippen LogP contribution in [0.5, 0.6) is 0 Å². The Labute approximate surface area is 262 Å². The molecule has 0 spiro atoms. The Morgan fingerprint density at radius 1 is 0.956 bits per heavy atom. The maximum absolute atomic E-state index is 13.2. The molecule has 3 rings (SSSR count). The van der Waals surface area contributed by atoms with Gasteiger partial charge in [-0.05, 0) is 26.3 Å². The second-order valence-corrected chi connectivity index (χ2v) is 12.2. The van der Waals surface area contributed by atoms with E-state index in [0.29, 0.717) is 12.0 Å². The molecule has 1 saturated heterocycles. The highest BCUT2D eigenvalue weighted by Crippen LogP contribution is 2.55. The molecule has 2 aliphatic carbocycles. The molecule has 0 aromatic carbocycles. The molecule has 45 heavy (non-hydrogen) atoms. The molecule has 1 heterocycles. The third kappa shape index (κ3) is 7.40. The van der Waals surface area contributed by atoms with Crippen molar-refractivity contribution in [1.29, 1.82) is 0 Å². The fourth-order valence-electron chi connectivity index (χ4n) is 6.80. The SMILES string of the molecule is CCCC(=O)OC1CC(OC(C)=O)C2(C)C(OC(C)=O)CC=C(C)C2C(OC(C)=O)C2(O)C(C=C1COC(C)=O)OC(=O)C2C. The van der Waals surface area contributed by atoms with Crippen LogP contribution in [0.15, 0.2) is 23.3 Å². The molecule has 0 amide bonds. The van der Waals surface area contributed by atoms with Gasteiger partial charge in [-0.1, -0.05) is 25.5 Å². The predicted molar refractivity (Wildman–Crippen MR) is 155 cm³/mol. The number of esters is 6. The van der Waals surface area contributed by atoms with Gasteiger partial charge < -0.3 is 33.5 Å². The van der Waals surface area contributed by atoms with Gasteiger partial charge in [0.1, 0.15) is 31.0 Å². The van der Waals surface area contributed by atoms with Gasteiger partial charge in [0.05, 0.1) is 11.3 Å². The van der Waals surface area contributed by atoms with Gasteiger partial charge in [0, 0.05) is 58.4 Å². The fraction of sp³-hybridized carbons (Fsp3) is 0.688. The number of fused-ring (bicyclic) bond motifs is 2. The van der Waals surface area contributed by atoms with Crippen molar-refractivity contribution in [1.82, 2.24) is 0 Å². The van der Waals surface area contributed by atoms with Gasteiger partial charge >= 0.3 is 35.8 Å². The lowest BCUT2D eigenvalue weighted by atomic mass is 9.56. The zero-order chi connectivity index (χ0) is 33.9. The van der Waals surface area contributed by atoms with E-state index < -0.39 is 95.8 Å². The number of carbonyl (C=O) groups is 6. The number of rotatable bonds is 8. The normalized spacial score (nSPS) is 34.4. The molecule has 0 saturated carbocycles. The number of hydrogen-bond acceptors (Lipinski definition) is 13. The van der Waals surface area contributed by atoms with Crippen LogP contribution in [-0.2, 0) is 57.2 Å². The van der Waals surface area contributed by atoms with E-state index in [2.05, 4.69) is 0 Å². The third-order valence-electron chi connectivity index (χ3n) is 8.99. The summed E-state index contributed by atoms with van der Waals surface area (Å²) in [5.41, 5.74) is -2.94. The average Bonchev–Trinajstić information content (AvgIpc) is 3.14. The van der Waals surface area contributed by atoms with Crippen molar-refractivity contribution in [2.24, 2.45) is 17.3 Å². The van der Waals surface area contributed by atoms with Crippen LogP contribution in [0.25, 0.3) is 0 Å². The van der Waals surface area contributed by atoms with Crippen LogP contribution < -0.4 is 0 Å². The van der Waals surface area contributed by atoms with Crippen molar-refractivity contribution >= 4 is 35.8 Å². The Balaban J connectivity index is 2.46.